The predicted molar refractivity (Wildman–Crippen MR) is 87.6 cm³/mol. The van der Waals surface area contributed by atoms with Gasteiger partial charge in [-0.25, -0.2) is 0 Å². The number of fused-ring (bicyclic) bond motifs is 1. The van der Waals surface area contributed by atoms with Gasteiger partial charge in [0, 0.05) is 11.7 Å². The van der Waals surface area contributed by atoms with Gasteiger partial charge >= 0.3 is 5.97 Å². The standard InChI is InChI=1S/C19H19NO2/c1-2-15-8-9-18-17(12-15)10-11-20(18)13-19(21)22-14-16-6-4-3-5-7-16/h3-12H,2,13-14H2,1H3. The number of esters is 1. The molecule has 0 saturated carbocycles. The van der Waals surface area contributed by atoms with E-state index in [0.717, 1.165) is 22.9 Å². The second-order valence-electron chi connectivity index (χ2n) is 5.34. The van der Waals surface area contributed by atoms with Crippen LogP contribution in [0.1, 0.15) is 18.1 Å². The molecule has 0 bridgehead atoms. The molecule has 0 unspecified atom stereocenters. The Morgan fingerprint density at radius 1 is 1.05 bits per heavy atom. The number of hydrogen-bond acceptors (Lipinski definition) is 2. The molecule has 1 aromatic heterocycles. The second-order valence-corrected chi connectivity index (χ2v) is 5.34. The Morgan fingerprint density at radius 3 is 2.64 bits per heavy atom. The van der Waals surface area contributed by atoms with Crippen molar-refractivity contribution in [1.29, 1.82) is 0 Å². The Kier molecular flexibility index (Phi) is 4.24. The third-order valence-corrected chi connectivity index (χ3v) is 3.79. The molecule has 0 aliphatic heterocycles. The average molecular weight is 293 g/mol. The van der Waals surface area contributed by atoms with Crippen LogP contribution in [-0.2, 0) is 29.1 Å². The molecule has 0 radical (unpaired) electrons. The minimum atomic E-state index is -0.221. The van der Waals surface area contributed by atoms with E-state index in [4.69, 9.17) is 4.74 Å². The highest BCUT2D eigenvalue weighted by atomic mass is 16.5. The zero-order chi connectivity index (χ0) is 15.4. The molecular weight excluding hydrogens is 274 g/mol. The van der Waals surface area contributed by atoms with Gasteiger partial charge < -0.3 is 9.30 Å². The van der Waals surface area contributed by atoms with Gasteiger partial charge in [-0.1, -0.05) is 43.3 Å². The van der Waals surface area contributed by atoms with Crippen molar-refractivity contribution in [2.75, 3.05) is 0 Å². The number of carbonyl (C=O) groups excluding carboxylic acids is 1. The largest absolute Gasteiger partial charge is 0.459 e. The molecule has 3 rings (SSSR count). The molecule has 0 aliphatic carbocycles. The average Bonchev–Trinajstić information content (AvgIpc) is 2.96. The molecule has 2 aromatic carbocycles. The van der Waals surface area contributed by atoms with Crippen molar-refractivity contribution in [3.63, 3.8) is 0 Å². The second kappa shape index (κ2) is 6.48. The fourth-order valence-corrected chi connectivity index (χ4v) is 2.53. The van der Waals surface area contributed by atoms with E-state index >= 15 is 0 Å². The van der Waals surface area contributed by atoms with E-state index in [-0.39, 0.29) is 12.5 Å². The van der Waals surface area contributed by atoms with Crippen LogP contribution in [0.4, 0.5) is 0 Å². The Labute approximate surface area is 130 Å². The number of aryl methyl sites for hydroxylation is 1. The lowest BCUT2D eigenvalue weighted by molar-refractivity contribution is -0.145. The maximum absolute atomic E-state index is 12.0. The monoisotopic (exact) mass is 293 g/mol. The molecule has 0 amide bonds. The molecule has 22 heavy (non-hydrogen) atoms. The summed E-state index contributed by atoms with van der Waals surface area (Å²) in [6, 6.07) is 18.1. The van der Waals surface area contributed by atoms with E-state index in [0.29, 0.717) is 6.61 Å². The highest BCUT2D eigenvalue weighted by molar-refractivity contribution is 5.82. The highest BCUT2D eigenvalue weighted by Crippen LogP contribution is 2.18. The highest BCUT2D eigenvalue weighted by Gasteiger charge is 2.08. The first-order chi connectivity index (χ1) is 10.8. The Morgan fingerprint density at radius 2 is 1.86 bits per heavy atom. The predicted octanol–water partition coefficient (Wildman–Crippen LogP) is 3.95. The summed E-state index contributed by atoms with van der Waals surface area (Å²) in [5.74, 6) is -0.221. The van der Waals surface area contributed by atoms with Crippen LogP contribution >= 0.6 is 0 Å². The van der Waals surface area contributed by atoms with Crippen molar-refractivity contribution in [2.24, 2.45) is 0 Å². The number of hydrogen-bond donors (Lipinski definition) is 0. The number of ether oxygens (including phenoxy) is 1. The van der Waals surface area contributed by atoms with Gasteiger partial charge in [0.1, 0.15) is 13.2 Å². The van der Waals surface area contributed by atoms with E-state index < -0.39 is 0 Å². The van der Waals surface area contributed by atoms with Crippen molar-refractivity contribution in [3.8, 4) is 0 Å². The normalized spacial score (nSPS) is 10.8. The van der Waals surface area contributed by atoms with Crippen molar-refractivity contribution in [3.05, 3.63) is 71.9 Å². The Bertz CT molecular complexity index is 774. The SMILES string of the molecule is CCc1ccc2c(ccn2CC(=O)OCc2ccccc2)c1. The minimum Gasteiger partial charge on any atom is -0.459 e. The van der Waals surface area contributed by atoms with E-state index in [2.05, 4.69) is 25.1 Å². The van der Waals surface area contributed by atoms with Crippen molar-refractivity contribution >= 4 is 16.9 Å². The van der Waals surface area contributed by atoms with Gasteiger partial charge in [0.05, 0.1) is 0 Å². The third kappa shape index (κ3) is 3.19. The lowest BCUT2D eigenvalue weighted by Gasteiger charge is -2.07. The van der Waals surface area contributed by atoms with Crippen molar-refractivity contribution in [1.82, 2.24) is 4.57 Å². The summed E-state index contributed by atoms with van der Waals surface area (Å²) in [6.07, 6.45) is 2.95. The van der Waals surface area contributed by atoms with Crippen molar-refractivity contribution in [2.45, 2.75) is 26.5 Å². The summed E-state index contributed by atoms with van der Waals surface area (Å²) in [7, 11) is 0. The Hall–Kier alpha value is -2.55. The lowest BCUT2D eigenvalue weighted by atomic mass is 10.1. The summed E-state index contributed by atoms with van der Waals surface area (Å²) in [4.78, 5) is 12.0. The first-order valence-corrected chi connectivity index (χ1v) is 7.53. The minimum absolute atomic E-state index is 0.221. The van der Waals surface area contributed by atoms with Gasteiger partial charge in [-0.05, 0) is 41.1 Å². The molecule has 0 N–H and O–H groups in total. The third-order valence-electron chi connectivity index (χ3n) is 3.79. The molecule has 0 atom stereocenters. The maximum Gasteiger partial charge on any atom is 0.326 e. The van der Waals surface area contributed by atoms with Crippen LogP contribution in [0, 0.1) is 0 Å². The van der Waals surface area contributed by atoms with E-state index in [1.165, 1.54) is 5.56 Å². The molecule has 0 spiro atoms. The molecule has 3 heteroatoms. The van der Waals surface area contributed by atoms with Gasteiger partial charge in [0.15, 0.2) is 0 Å². The number of carbonyl (C=O) groups is 1. The summed E-state index contributed by atoms with van der Waals surface area (Å²) in [5.41, 5.74) is 3.37. The van der Waals surface area contributed by atoms with E-state index in [1.807, 2.05) is 47.2 Å². The molecule has 0 saturated heterocycles. The van der Waals surface area contributed by atoms with Gasteiger partial charge in [-0.2, -0.15) is 0 Å². The first-order valence-electron chi connectivity index (χ1n) is 7.53. The Balaban J connectivity index is 1.66. The number of benzene rings is 2. The summed E-state index contributed by atoms with van der Waals surface area (Å²) >= 11 is 0. The zero-order valence-electron chi connectivity index (χ0n) is 12.7. The van der Waals surface area contributed by atoms with Gasteiger partial charge in [0.25, 0.3) is 0 Å². The molecule has 112 valence electrons. The van der Waals surface area contributed by atoms with Crippen LogP contribution in [0.25, 0.3) is 10.9 Å². The smallest absolute Gasteiger partial charge is 0.326 e. The van der Waals surface area contributed by atoms with Crippen LogP contribution in [-0.4, -0.2) is 10.5 Å². The van der Waals surface area contributed by atoms with E-state index in [1.54, 1.807) is 0 Å². The van der Waals surface area contributed by atoms with Gasteiger partial charge in [0.2, 0.25) is 0 Å². The fourth-order valence-electron chi connectivity index (χ4n) is 2.53. The van der Waals surface area contributed by atoms with Gasteiger partial charge in [-0.3, -0.25) is 4.79 Å². The van der Waals surface area contributed by atoms with Crippen LogP contribution in [0.15, 0.2) is 60.8 Å². The summed E-state index contributed by atoms with van der Waals surface area (Å²) < 4.78 is 7.27. The van der Waals surface area contributed by atoms with Crippen LogP contribution in [0.2, 0.25) is 0 Å². The number of aromatic nitrogens is 1. The molecule has 1 heterocycles. The first kappa shape index (κ1) is 14.4. The lowest BCUT2D eigenvalue weighted by Crippen LogP contribution is -2.12. The molecular formula is C19H19NO2. The van der Waals surface area contributed by atoms with Crippen molar-refractivity contribution < 1.29 is 9.53 Å². The zero-order valence-corrected chi connectivity index (χ0v) is 12.7. The molecule has 0 aliphatic rings. The van der Waals surface area contributed by atoms with Crippen LogP contribution in [0.3, 0.4) is 0 Å². The summed E-state index contributed by atoms with van der Waals surface area (Å²) in [6.45, 7) is 2.69. The topological polar surface area (TPSA) is 31.2 Å². The summed E-state index contributed by atoms with van der Waals surface area (Å²) in [5, 5.41) is 1.16. The molecule has 3 aromatic rings. The van der Waals surface area contributed by atoms with Crippen LogP contribution < -0.4 is 0 Å². The maximum atomic E-state index is 12.0. The number of rotatable bonds is 5. The quantitative estimate of drug-likeness (QED) is 0.667. The molecule has 0 fully saturated rings. The fraction of sp³-hybridized carbons (Fsp3) is 0.211. The number of nitrogens with zero attached hydrogens (tertiary/aromatic N) is 1. The van der Waals surface area contributed by atoms with Crippen LogP contribution in [0.5, 0.6) is 0 Å². The molecule has 3 nitrogen and oxygen atoms in total. The van der Waals surface area contributed by atoms with E-state index in [9.17, 15) is 4.79 Å². The van der Waals surface area contributed by atoms with Gasteiger partial charge in [-0.15, -0.1) is 0 Å².